The van der Waals surface area contributed by atoms with Crippen LogP contribution in [-0.2, 0) is 9.84 Å². The van der Waals surface area contributed by atoms with Crippen LogP contribution < -0.4 is 10.1 Å². The zero-order chi connectivity index (χ0) is 23.1. The Labute approximate surface area is 187 Å². The van der Waals surface area contributed by atoms with Gasteiger partial charge in [0.15, 0.2) is 9.84 Å². The molecule has 0 saturated carbocycles. The molecule has 6 nitrogen and oxygen atoms in total. The Balaban J connectivity index is 1.75. The number of amides is 1. The molecule has 0 bridgehead atoms. The highest BCUT2D eigenvalue weighted by molar-refractivity contribution is 7.91. The number of aryl methyl sites for hydroxylation is 1. The lowest BCUT2D eigenvalue weighted by atomic mass is 10.2. The molecule has 1 unspecified atom stereocenters. The summed E-state index contributed by atoms with van der Waals surface area (Å²) in [5.74, 6) is -0.0641. The predicted molar refractivity (Wildman–Crippen MR) is 119 cm³/mol. The average Bonchev–Trinajstić information content (AvgIpc) is 3.30. The molecule has 32 heavy (non-hydrogen) atoms. The van der Waals surface area contributed by atoms with E-state index in [4.69, 9.17) is 9.15 Å². The van der Waals surface area contributed by atoms with Crippen LogP contribution in [0.2, 0.25) is 0 Å². The molecule has 0 saturated heterocycles. The van der Waals surface area contributed by atoms with Crippen molar-refractivity contribution in [3.8, 4) is 5.75 Å². The molecule has 3 aromatic rings. The summed E-state index contributed by atoms with van der Waals surface area (Å²) in [5, 5.41) is 1.50. The van der Waals surface area contributed by atoms with Gasteiger partial charge in [-0.2, -0.15) is 0 Å². The van der Waals surface area contributed by atoms with Gasteiger partial charge in [0.1, 0.15) is 22.6 Å². The third-order valence-corrected chi connectivity index (χ3v) is 7.08. The minimum atomic E-state index is -3.96. The standard InChI is InChI=1S/C24H26FNO5S/c1-3-4-13-30-19-9-7-18(8-10-19)24(27)26-16-23(22-6-5-14-31-22)32(28,29)20-11-12-21(25)17(2)15-20/h5-12,14-15,23H,3-4,13,16H2,1-2H3,(H,26,27). The fourth-order valence-corrected chi connectivity index (χ4v) is 4.79. The summed E-state index contributed by atoms with van der Waals surface area (Å²) >= 11 is 0. The predicted octanol–water partition coefficient (Wildman–Crippen LogP) is 4.85. The third kappa shape index (κ3) is 5.56. The zero-order valence-electron chi connectivity index (χ0n) is 18.0. The molecular weight excluding hydrogens is 433 g/mol. The van der Waals surface area contributed by atoms with Crippen LogP contribution in [0.4, 0.5) is 4.39 Å². The molecule has 1 heterocycles. The number of hydrogen-bond acceptors (Lipinski definition) is 5. The highest BCUT2D eigenvalue weighted by Gasteiger charge is 2.32. The maximum Gasteiger partial charge on any atom is 0.251 e. The van der Waals surface area contributed by atoms with E-state index in [0.717, 1.165) is 18.9 Å². The molecule has 170 valence electrons. The van der Waals surface area contributed by atoms with Crippen LogP contribution >= 0.6 is 0 Å². The summed E-state index contributed by atoms with van der Waals surface area (Å²) in [6.07, 6.45) is 3.34. The molecule has 2 aromatic carbocycles. The van der Waals surface area contributed by atoms with Gasteiger partial charge >= 0.3 is 0 Å². The number of hydrogen-bond donors (Lipinski definition) is 1. The summed E-state index contributed by atoms with van der Waals surface area (Å²) in [6.45, 7) is 3.96. The number of furan rings is 1. The number of sulfone groups is 1. The van der Waals surface area contributed by atoms with E-state index in [1.54, 1.807) is 30.3 Å². The van der Waals surface area contributed by atoms with Gasteiger partial charge in [-0.3, -0.25) is 4.79 Å². The van der Waals surface area contributed by atoms with Crippen LogP contribution in [0.15, 0.2) is 70.2 Å². The van der Waals surface area contributed by atoms with Crippen LogP contribution in [0.25, 0.3) is 0 Å². The minimum absolute atomic E-state index is 0.0411. The summed E-state index contributed by atoms with van der Waals surface area (Å²) in [4.78, 5) is 12.6. The molecule has 0 aliphatic carbocycles. The molecule has 1 N–H and O–H groups in total. The van der Waals surface area contributed by atoms with Crippen molar-refractivity contribution in [1.29, 1.82) is 0 Å². The lowest BCUT2D eigenvalue weighted by Crippen LogP contribution is -2.31. The minimum Gasteiger partial charge on any atom is -0.494 e. The smallest absolute Gasteiger partial charge is 0.251 e. The second kappa shape index (κ2) is 10.5. The molecule has 3 rings (SSSR count). The van der Waals surface area contributed by atoms with E-state index in [-0.39, 0.29) is 22.8 Å². The first kappa shape index (κ1) is 23.5. The molecule has 1 atom stereocenters. The van der Waals surface area contributed by atoms with Gasteiger partial charge in [0, 0.05) is 12.1 Å². The van der Waals surface area contributed by atoms with Crippen LogP contribution in [0.3, 0.4) is 0 Å². The Morgan fingerprint density at radius 3 is 2.53 bits per heavy atom. The van der Waals surface area contributed by atoms with E-state index in [1.807, 2.05) is 0 Å². The number of halogens is 1. The molecular formula is C24H26FNO5S. The van der Waals surface area contributed by atoms with Crippen LogP contribution in [0, 0.1) is 12.7 Å². The zero-order valence-corrected chi connectivity index (χ0v) is 18.8. The Morgan fingerprint density at radius 2 is 1.91 bits per heavy atom. The van der Waals surface area contributed by atoms with Gasteiger partial charge in [0.05, 0.1) is 17.8 Å². The maximum atomic E-state index is 13.6. The fourth-order valence-electron chi connectivity index (χ4n) is 3.12. The van der Waals surface area contributed by atoms with Crippen molar-refractivity contribution < 1.29 is 26.8 Å². The molecule has 0 aliphatic rings. The fraction of sp³-hybridized carbons (Fsp3) is 0.292. The van der Waals surface area contributed by atoms with E-state index in [9.17, 15) is 17.6 Å². The van der Waals surface area contributed by atoms with Crippen molar-refractivity contribution in [3.63, 3.8) is 0 Å². The molecule has 0 fully saturated rings. The topological polar surface area (TPSA) is 85.6 Å². The highest BCUT2D eigenvalue weighted by Crippen LogP contribution is 2.30. The molecule has 1 aromatic heterocycles. The van der Waals surface area contributed by atoms with E-state index in [1.165, 1.54) is 31.4 Å². The summed E-state index contributed by atoms with van der Waals surface area (Å²) < 4.78 is 51.1. The van der Waals surface area contributed by atoms with Crippen molar-refractivity contribution >= 4 is 15.7 Å². The molecule has 0 aliphatic heterocycles. The summed E-state index contributed by atoms with van der Waals surface area (Å²) in [5.41, 5.74) is 0.593. The van der Waals surface area contributed by atoms with E-state index >= 15 is 0 Å². The number of carbonyl (C=O) groups is 1. The van der Waals surface area contributed by atoms with Gasteiger partial charge in [0.25, 0.3) is 5.91 Å². The van der Waals surface area contributed by atoms with Gasteiger partial charge < -0.3 is 14.5 Å². The monoisotopic (exact) mass is 459 g/mol. The van der Waals surface area contributed by atoms with Gasteiger partial charge in [-0.05, 0) is 73.5 Å². The Morgan fingerprint density at radius 1 is 1.16 bits per heavy atom. The van der Waals surface area contributed by atoms with Gasteiger partial charge in [-0.15, -0.1) is 0 Å². The molecule has 1 amide bonds. The van der Waals surface area contributed by atoms with E-state index in [0.29, 0.717) is 17.9 Å². The van der Waals surface area contributed by atoms with Crippen molar-refractivity contribution in [2.45, 2.75) is 36.8 Å². The first-order valence-electron chi connectivity index (χ1n) is 10.4. The van der Waals surface area contributed by atoms with Crippen molar-refractivity contribution in [3.05, 3.63) is 83.6 Å². The Bertz CT molecular complexity index is 1140. The van der Waals surface area contributed by atoms with Crippen molar-refractivity contribution in [2.24, 2.45) is 0 Å². The van der Waals surface area contributed by atoms with E-state index in [2.05, 4.69) is 12.2 Å². The van der Waals surface area contributed by atoms with Gasteiger partial charge in [-0.25, -0.2) is 12.8 Å². The number of carbonyl (C=O) groups excluding carboxylic acids is 1. The third-order valence-electron chi connectivity index (χ3n) is 5.02. The second-order valence-corrected chi connectivity index (χ2v) is 9.53. The normalized spacial score (nSPS) is 12.3. The first-order chi connectivity index (χ1) is 15.3. The molecule has 0 radical (unpaired) electrons. The Kier molecular flexibility index (Phi) is 7.69. The van der Waals surface area contributed by atoms with E-state index < -0.39 is 26.8 Å². The number of unbranched alkanes of at least 4 members (excludes halogenated alkanes) is 1. The molecule has 0 spiro atoms. The average molecular weight is 460 g/mol. The van der Waals surface area contributed by atoms with Gasteiger partial charge in [-0.1, -0.05) is 13.3 Å². The van der Waals surface area contributed by atoms with Crippen LogP contribution in [-0.4, -0.2) is 27.5 Å². The van der Waals surface area contributed by atoms with Crippen molar-refractivity contribution in [2.75, 3.05) is 13.2 Å². The van der Waals surface area contributed by atoms with Crippen molar-refractivity contribution in [1.82, 2.24) is 5.32 Å². The maximum absolute atomic E-state index is 13.6. The quantitative estimate of drug-likeness (QED) is 0.346. The van der Waals surface area contributed by atoms with Crippen LogP contribution in [0.5, 0.6) is 5.75 Å². The number of rotatable bonds is 10. The summed E-state index contributed by atoms with van der Waals surface area (Å²) in [7, 11) is -3.96. The lowest BCUT2D eigenvalue weighted by Gasteiger charge is -2.17. The van der Waals surface area contributed by atoms with Gasteiger partial charge in [0.2, 0.25) is 0 Å². The first-order valence-corrected chi connectivity index (χ1v) is 11.9. The highest BCUT2D eigenvalue weighted by atomic mass is 32.2. The van der Waals surface area contributed by atoms with Crippen LogP contribution in [0.1, 0.15) is 46.7 Å². The number of benzene rings is 2. The largest absolute Gasteiger partial charge is 0.494 e. The summed E-state index contributed by atoms with van der Waals surface area (Å²) in [6, 6.07) is 13.4. The molecule has 8 heteroatoms. The SMILES string of the molecule is CCCCOc1ccc(C(=O)NCC(c2ccco2)S(=O)(=O)c2ccc(F)c(C)c2)cc1. The second-order valence-electron chi connectivity index (χ2n) is 7.40. The lowest BCUT2D eigenvalue weighted by molar-refractivity contribution is 0.0953. The Hall–Kier alpha value is -3.13. The number of nitrogens with one attached hydrogen (secondary N) is 1. The number of ether oxygens (including phenoxy) is 1.